The minimum atomic E-state index is -0.266. The maximum absolute atomic E-state index is 12.6. The SMILES string of the molecule is CCN1C(=O)CC[C@@H](C(=O)N(C)C)[C@@H]1c1ccccc1OC. The minimum absolute atomic E-state index is 0.0573. The molecule has 1 aromatic carbocycles. The number of piperidine rings is 1. The fourth-order valence-electron chi connectivity index (χ4n) is 3.21. The highest BCUT2D eigenvalue weighted by Gasteiger charge is 2.41. The molecule has 1 aliphatic rings. The molecule has 5 heteroatoms. The Bertz CT molecular complexity index is 557. The summed E-state index contributed by atoms with van der Waals surface area (Å²) in [5, 5.41) is 0. The van der Waals surface area contributed by atoms with Crippen molar-refractivity contribution in [3.63, 3.8) is 0 Å². The largest absolute Gasteiger partial charge is 0.496 e. The zero-order valence-corrected chi connectivity index (χ0v) is 13.7. The van der Waals surface area contributed by atoms with Crippen molar-refractivity contribution in [3.8, 4) is 5.75 Å². The van der Waals surface area contributed by atoms with E-state index in [2.05, 4.69) is 0 Å². The van der Waals surface area contributed by atoms with E-state index in [4.69, 9.17) is 4.74 Å². The van der Waals surface area contributed by atoms with Gasteiger partial charge in [-0.15, -0.1) is 0 Å². The van der Waals surface area contributed by atoms with Crippen LogP contribution in [0.3, 0.4) is 0 Å². The average Bonchev–Trinajstić information content (AvgIpc) is 2.53. The first-order chi connectivity index (χ1) is 10.5. The summed E-state index contributed by atoms with van der Waals surface area (Å²) in [5.74, 6) is 0.643. The van der Waals surface area contributed by atoms with Gasteiger partial charge in [0, 0.05) is 32.6 Å². The number of para-hydroxylation sites is 1. The number of likely N-dealkylation sites (tertiary alicyclic amines) is 1. The molecule has 0 unspecified atom stereocenters. The predicted octanol–water partition coefficient (Wildman–Crippen LogP) is 2.08. The molecule has 0 aliphatic carbocycles. The molecule has 0 saturated carbocycles. The van der Waals surface area contributed by atoms with Gasteiger partial charge in [-0.05, 0) is 19.4 Å². The van der Waals surface area contributed by atoms with E-state index < -0.39 is 0 Å². The van der Waals surface area contributed by atoms with Gasteiger partial charge in [0.15, 0.2) is 0 Å². The maximum atomic E-state index is 12.6. The highest BCUT2D eigenvalue weighted by molar-refractivity contribution is 5.85. The second-order valence-electron chi connectivity index (χ2n) is 5.74. The molecule has 2 rings (SSSR count). The normalized spacial score (nSPS) is 21.6. The third-order valence-corrected chi connectivity index (χ3v) is 4.26. The molecule has 5 nitrogen and oxygen atoms in total. The van der Waals surface area contributed by atoms with Gasteiger partial charge in [-0.25, -0.2) is 0 Å². The number of amides is 2. The summed E-state index contributed by atoms with van der Waals surface area (Å²) in [7, 11) is 5.13. The molecule has 120 valence electrons. The lowest BCUT2D eigenvalue weighted by Gasteiger charge is -2.41. The molecular formula is C17H24N2O3. The van der Waals surface area contributed by atoms with Crippen LogP contribution in [0.15, 0.2) is 24.3 Å². The van der Waals surface area contributed by atoms with Crippen molar-refractivity contribution >= 4 is 11.8 Å². The molecule has 0 bridgehead atoms. The Morgan fingerprint density at radius 3 is 2.64 bits per heavy atom. The number of benzene rings is 1. The summed E-state index contributed by atoms with van der Waals surface area (Å²) in [6, 6.07) is 7.37. The van der Waals surface area contributed by atoms with Crippen LogP contribution in [0.4, 0.5) is 0 Å². The first-order valence-electron chi connectivity index (χ1n) is 7.64. The number of ether oxygens (including phenoxy) is 1. The Morgan fingerprint density at radius 1 is 1.36 bits per heavy atom. The lowest BCUT2D eigenvalue weighted by Crippen LogP contribution is -2.47. The summed E-state index contributed by atoms with van der Waals surface area (Å²) in [5.41, 5.74) is 0.903. The van der Waals surface area contributed by atoms with E-state index in [0.717, 1.165) is 11.3 Å². The minimum Gasteiger partial charge on any atom is -0.496 e. The zero-order valence-electron chi connectivity index (χ0n) is 13.7. The van der Waals surface area contributed by atoms with Crippen molar-refractivity contribution in [1.29, 1.82) is 0 Å². The summed E-state index contributed by atoms with van der Waals surface area (Å²) < 4.78 is 5.45. The standard InChI is InChI=1S/C17H24N2O3/c1-5-19-15(20)11-10-13(17(21)18(2)3)16(19)12-8-6-7-9-14(12)22-4/h6-9,13,16H,5,10-11H2,1-4H3/t13-,16+/m1/s1. The summed E-state index contributed by atoms with van der Waals surface area (Å²) in [6.45, 7) is 2.53. The van der Waals surface area contributed by atoms with Crippen molar-refractivity contribution in [2.75, 3.05) is 27.7 Å². The van der Waals surface area contributed by atoms with E-state index in [0.29, 0.717) is 19.4 Å². The van der Waals surface area contributed by atoms with E-state index in [1.54, 1.807) is 31.0 Å². The number of rotatable bonds is 4. The van der Waals surface area contributed by atoms with Gasteiger partial charge in [0.1, 0.15) is 5.75 Å². The molecule has 1 fully saturated rings. The molecule has 0 N–H and O–H groups in total. The second kappa shape index (κ2) is 6.81. The lowest BCUT2D eigenvalue weighted by atomic mass is 9.83. The Hall–Kier alpha value is -2.04. The average molecular weight is 304 g/mol. The van der Waals surface area contributed by atoms with E-state index in [1.807, 2.05) is 31.2 Å². The molecule has 22 heavy (non-hydrogen) atoms. The number of nitrogens with zero attached hydrogens (tertiary/aromatic N) is 2. The molecule has 0 radical (unpaired) electrons. The first-order valence-corrected chi connectivity index (χ1v) is 7.64. The molecule has 1 aromatic rings. The fraction of sp³-hybridized carbons (Fsp3) is 0.529. The van der Waals surface area contributed by atoms with Gasteiger partial charge in [0.2, 0.25) is 11.8 Å². The van der Waals surface area contributed by atoms with Crippen molar-refractivity contribution in [1.82, 2.24) is 9.80 Å². The molecule has 2 amide bonds. The molecule has 2 atom stereocenters. The number of carbonyl (C=O) groups excluding carboxylic acids is 2. The highest BCUT2D eigenvalue weighted by Crippen LogP contribution is 2.40. The van der Waals surface area contributed by atoms with Crippen LogP contribution in [0.5, 0.6) is 5.75 Å². The molecule has 1 saturated heterocycles. The third kappa shape index (κ3) is 2.93. The van der Waals surface area contributed by atoms with Gasteiger partial charge in [0.25, 0.3) is 0 Å². The van der Waals surface area contributed by atoms with Crippen LogP contribution in [-0.4, -0.2) is 49.4 Å². The van der Waals surface area contributed by atoms with Crippen molar-refractivity contribution < 1.29 is 14.3 Å². The van der Waals surface area contributed by atoms with Gasteiger partial charge < -0.3 is 14.5 Å². The molecule has 0 aromatic heterocycles. The van der Waals surface area contributed by atoms with Crippen LogP contribution in [0.1, 0.15) is 31.4 Å². The molecular weight excluding hydrogens is 280 g/mol. The van der Waals surface area contributed by atoms with Crippen LogP contribution in [-0.2, 0) is 9.59 Å². The Kier molecular flexibility index (Phi) is 5.06. The Balaban J connectivity index is 2.50. The number of hydrogen-bond donors (Lipinski definition) is 0. The first kappa shape index (κ1) is 16.3. The predicted molar refractivity (Wildman–Crippen MR) is 84.5 cm³/mol. The summed E-state index contributed by atoms with van der Waals surface area (Å²) in [6.07, 6.45) is 0.999. The van der Waals surface area contributed by atoms with Crippen LogP contribution >= 0.6 is 0 Å². The van der Waals surface area contributed by atoms with E-state index in [1.165, 1.54) is 0 Å². The molecule has 1 aliphatic heterocycles. The van der Waals surface area contributed by atoms with E-state index in [-0.39, 0.29) is 23.8 Å². The van der Waals surface area contributed by atoms with Gasteiger partial charge in [-0.2, -0.15) is 0 Å². The number of methoxy groups -OCH3 is 1. The zero-order chi connectivity index (χ0) is 16.3. The van der Waals surface area contributed by atoms with Crippen molar-refractivity contribution in [2.45, 2.75) is 25.8 Å². The monoisotopic (exact) mass is 304 g/mol. The quantitative estimate of drug-likeness (QED) is 0.856. The van der Waals surface area contributed by atoms with Gasteiger partial charge in [-0.1, -0.05) is 18.2 Å². The second-order valence-corrected chi connectivity index (χ2v) is 5.74. The van der Waals surface area contributed by atoms with Gasteiger partial charge >= 0.3 is 0 Å². The topological polar surface area (TPSA) is 49.9 Å². The molecule has 1 heterocycles. The molecule has 0 spiro atoms. The fourth-order valence-corrected chi connectivity index (χ4v) is 3.21. The smallest absolute Gasteiger partial charge is 0.227 e. The van der Waals surface area contributed by atoms with E-state index in [9.17, 15) is 9.59 Å². The van der Waals surface area contributed by atoms with Crippen LogP contribution < -0.4 is 4.74 Å². The summed E-state index contributed by atoms with van der Waals surface area (Å²) in [4.78, 5) is 28.3. The maximum Gasteiger partial charge on any atom is 0.227 e. The lowest BCUT2D eigenvalue weighted by molar-refractivity contribution is -0.146. The number of hydrogen-bond acceptors (Lipinski definition) is 3. The van der Waals surface area contributed by atoms with Crippen LogP contribution in [0, 0.1) is 5.92 Å². The Labute approximate surface area is 131 Å². The van der Waals surface area contributed by atoms with Crippen LogP contribution in [0.2, 0.25) is 0 Å². The summed E-state index contributed by atoms with van der Waals surface area (Å²) >= 11 is 0. The van der Waals surface area contributed by atoms with Gasteiger partial charge in [-0.3, -0.25) is 9.59 Å². The van der Waals surface area contributed by atoms with Crippen molar-refractivity contribution in [2.24, 2.45) is 5.92 Å². The van der Waals surface area contributed by atoms with E-state index >= 15 is 0 Å². The Morgan fingerprint density at radius 2 is 2.05 bits per heavy atom. The third-order valence-electron chi connectivity index (χ3n) is 4.26. The number of carbonyl (C=O) groups is 2. The highest BCUT2D eigenvalue weighted by atomic mass is 16.5. The van der Waals surface area contributed by atoms with Crippen molar-refractivity contribution in [3.05, 3.63) is 29.8 Å². The van der Waals surface area contributed by atoms with Crippen LogP contribution in [0.25, 0.3) is 0 Å². The van der Waals surface area contributed by atoms with Gasteiger partial charge in [0.05, 0.1) is 19.1 Å².